The van der Waals surface area contributed by atoms with Crippen LogP contribution in [0.15, 0.2) is 24.3 Å². The second-order valence-corrected chi connectivity index (χ2v) is 6.46. The molecule has 0 aromatic heterocycles. The molecule has 0 spiro atoms. The average molecular weight is 341 g/mol. The van der Waals surface area contributed by atoms with Crippen LogP contribution in [0.2, 0.25) is 5.02 Å². The van der Waals surface area contributed by atoms with E-state index in [4.69, 9.17) is 25.8 Å². The summed E-state index contributed by atoms with van der Waals surface area (Å²) >= 11 is 5.94. The predicted octanol–water partition coefficient (Wildman–Crippen LogP) is 4.98. The Kier molecular flexibility index (Phi) is 6.72. The standard InChI is InChI=1S/C18H25ClO4/c1-3-5-6-15(11-14-7-9-16(19)10-8-14)12-18(13-22-18)23-17(20)21-4-2/h7-10,15H,3-6,11-13H2,1-2H3. The van der Waals surface area contributed by atoms with Crippen LogP contribution < -0.4 is 0 Å². The van der Waals surface area contributed by atoms with E-state index < -0.39 is 11.9 Å². The normalized spacial score (nSPS) is 20.8. The number of carbonyl (C=O) groups excluding carboxylic acids is 1. The van der Waals surface area contributed by atoms with Crippen LogP contribution in [0.25, 0.3) is 0 Å². The van der Waals surface area contributed by atoms with Crippen LogP contribution >= 0.6 is 11.6 Å². The predicted molar refractivity (Wildman–Crippen MR) is 89.6 cm³/mol. The monoisotopic (exact) mass is 340 g/mol. The molecule has 0 bridgehead atoms. The second-order valence-electron chi connectivity index (χ2n) is 6.03. The van der Waals surface area contributed by atoms with Crippen molar-refractivity contribution in [2.45, 2.75) is 51.7 Å². The summed E-state index contributed by atoms with van der Waals surface area (Å²) < 4.78 is 15.6. The number of unbranched alkanes of at least 4 members (excludes halogenated alkanes) is 1. The molecule has 2 rings (SSSR count). The van der Waals surface area contributed by atoms with Crippen LogP contribution in [0.4, 0.5) is 4.79 Å². The van der Waals surface area contributed by atoms with Crippen molar-refractivity contribution in [3.63, 3.8) is 0 Å². The minimum atomic E-state index is -0.781. The van der Waals surface area contributed by atoms with Crippen LogP contribution in [-0.4, -0.2) is 25.2 Å². The lowest BCUT2D eigenvalue weighted by Crippen LogP contribution is -2.26. The maximum atomic E-state index is 11.6. The van der Waals surface area contributed by atoms with Crippen LogP contribution in [0, 0.1) is 5.92 Å². The lowest BCUT2D eigenvalue weighted by Gasteiger charge is -2.21. The van der Waals surface area contributed by atoms with E-state index in [2.05, 4.69) is 6.92 Å². The van der Waals surface area contributed by atoms with Gasteiger partial charge in [-0.05, 0) is 43.4 Å². The lowest BCUT2D eigenvalue weighted by molar-refractivity contribution is -0.0452. The van der Waals surface area contributed by atoms with Crippen molar-refractivity contribution in [1.29, 1.82) is 0 Å². The average Bonchev–Trinajstić information content (AvgIpc) is 3.26. The summed E-state index contributed by atoms with van der Waals surface area (Å²) in [5.41, 5.74) is 1.24. The highest BCUT2D eigenvalue weighted by atomic mass is 35.5. The molecule has 1 aliphatic heterocycles. The van der Waals surface area contributed by atoms with Gasteiger partial charge in [0.15, 0.2) is 0 Å². The molecule has 2 atom stereocenters. The summed E-state index contributed by atoms with van der Waals surface area (Å²) in [4.78, 5) is 11.6. The Hall–Kier alpha value is -1.26. The summed E-state index contributed by atoms with van der Waals surface area (Å²) in [7, 11) is 0. The Balaban J connectivity index is 1.95. The van der Waals surface area contributed by atoms with E-state index >= 15 is 0 Å². The van der Waals surface area contributed by atoms with E-state index in [1.165, 1.54) is 5.56 Å². The van der Waals surface area contributed by atoms with Crippen LogP contribution in [0.3, 0.4) is 0 Å². The SMILES string of the molecule is CCCCC(Cc1ccc(Cl)cc1)CC1(OC(=O)OCC)CO1. The van der Waals surface area contributed by atoms with Gasteiger partial charge in [0.05, 0.1) is 6.61 Å². The second kappa shape index (κ2) is 8.55. The highest BCUT2D eigenvalue weighted by Gasteiger charge is 2.51. The number of ether oxygens (including phenoxy) is 3. The molecule has 1 fully saturated rings. The van der Waals surface area contributed by atoms with Gasteiger partial charge in [0.25, 0.3) is 0 Å². The van der Waals surface area contributed by atoms with Gasteiger partial charge in [-0.1, -0.05) is 43.5 Å². The molecular weight excluding hydrogens is 316 g/mol. The van der Waals surface area contributed by atoms with Crippen molar-refractivity contribution in [3.05, 3.63) is 34.9 Å². The molecule has 0 saturated carbocycles. The molecule has 4 nitrogen and oxygen atoms in total. The summed E-state index contributed by atoms with van der Waals surface area (Å²) in [5.74, 6) is -0.384. The third-order valence-electron chi connectivity index (χ3n) is 4.00. The molecule has 1 aromatic carbocycles. The van der Waals surface area contributed by atoms with Gasteiger partial charge in [-0.3, -0.25) is 0 Å². The summed E-state index contributed by atoms with van der Waals surface area (Å²) in [6, 6.07) is 7.92. The number of hydrogen-bond acceptors (Lipinski definition) is 4. The van der Waals surface area contributed by atoms with Gasteiger partial charge < -0.3 is 14.2 Å². The molecule has 0 aliphatic carbocycles. The minimum Gasteiger partial charge on any atom is -0.435 e. The minimum absolute atomic E-state index is 0.305. The third-order valence-corrected chi connectivity index (χ3v) is 4.25. The number of rotatable bonds is 9. The highest BCUT2D eigenvalue weighted by Crippen LogP contribution is 2.38. The number of benzene rings is 1. The van der Waals surface area contributed by atoms with Gasteiger partial charge in [0.1, 0.15) is 6.61 Å². The lowest BCUT2D eigenvalue weighted by atomic mass is 9.89. The van der Waals surface area contributed by atoms with Gasteiger partial charge in [0.2, 0.25) is 5.79 Å². The zero-order valence-electron chi connectivity index (χ0n) is 13.8. The largest absolute Gasteiger partial charge is 0.510 e. The van der Waals surface area contributed by atoms with E-state index in [0.717, 1.165) is 30.7 Å². The van der Waals surface area contributed by atoms with Gasteiger partial charge in [-0.25, -0.2) is 4.79 Å². The summed E-state index contributed by atoms with van der Waals surface area (Å²) in [6.07, 6.45) is 4.35. The fourth-order valence-corrected chi connectivity index (χ4v) is 2.89. The molecular formula is C18H25ClO4. The van der Waals surface area contributed by atoms with E-state index in [0.29, 0.717) is 25.6 Å². The molecule has 0 radical (unpaired) electrons. The van der Waals surface area contributed by atoms with E-state index in [1.54, 1.807) is 6.92 Å². The summed E-state index contributed by atoms with van der Waals surface area (Å²) in [6.45, 7) is 4.69. The first-order valence-electron chi connectivity index (χ1n) is 8.31. The fourth-order valence-electron chi connectivity index (χ4n) is 2.76. The molecule has 23 heavy (non-hydrogen) atoms. The molecule has 5 heteroatoms. The number of epoxide rings is 1. The zero-order valence-corrected chi connectivity index (χ0v) is 14.6. The maximum Gasteiger partial charge on any atom is 0.510 e. The zero-order chi connectivity index (χ0) is 16.7. The molecule has 1 heterocycles. The molecule has 0 N–H and O–H groups in total. The Morgan fingerprint density at radius 1 is 1.35 bits per heavy atom. The highest BCUT2D eigenvalue weighted by molar-refractivity contribution is 6.30. The maximum absolute atomic E-state index is 11.6. The molecule has 1 aromatic rings. The fraction of sp³-hybridized carbons (Fsp3) is 0.611. The molecule has 1 aliphatic rings. The first kappa shape index (κ1) is 18.1. The van der Waals surface area contributed by atoms with Crippen LogP contribution in [0.1, 0.15) is 45.1 Å². The molecule has 2 unspecified atom stereocenters. The van der Waals surface area contributed by atoms with Gasteiger partial charge in [-0.2, -0.15) is 0 Å². The Morgan fingerprint density at radius 2 is 2.04 bits per heavy atom. The number of carbonyl (C=O) groups is 1. The van der Waals surface area contributed by atoms with E-state index in [9.17, 15) is 4.79 Å². The van der Waals surface area contributed by atoms with E-state index in [-0.39, 0.29) is 0 Å². The first-order valence-corrected chi connectivity index (χ1v) is 8.69. The van der Waals surface area contributed by atoms with Gasteiger partial charge in [-0.15, -0.1) is 0 Å². The smallest absolute Gasteiger partial charge is 0.435 e. The topological polar surface area (TPSA) is 48.1 Å². The van der Waals surface area contributed by atoms with Crippen molar-refractivity contribution >= 4 is 17.8 Å². The Labute approximate surface area is 143 Å². The molecule has 1 saturated heterocycles. The Morgan fingerprint density at radius 3 is 2.61 bits per heavy atom. The van der Waals surface area contributed by atoms with E-state index in [1.807, 2.05) is 24.3 Å². The van der Waals surface area contributed by atoms with Crippen molar-refractivity contribution in [2.24, 2.45) is 5.92 Å². The number of halogens is 1. The van der Waals surface area contributed by atoms with Crippen molar-refractivity contribution in [3.8, 4) is 0 Å². The van der Waals surface area contributed by atoms with Gasteiger partial charge >= 0.3 is 6.16 Å². The van der Waals surface area contributed by atoms with Crippen molar-refractivity contribution < 1.29 is 19.0 Å². The van der Waals surface area contributed by atoms with Crippen LogP contribution in [-0.2, 0) is 20.6 Å². The van der Waals surface area contributed by atoms with Crippen molar-refractivity contribution in [2.75, 3.05) is 13.2 Å². The van der Waals surface area contributed by atoms with Crippen LogP contribution in [0.5, 0.6) is 0 Å². The molecule has 0 amide bonds. The first-order chi connectivity index (χ1) is 11.1. The van der Waals surface area contributed by atoms with Gasteiger partial charge in [0, 0.05) is 11.4 Å². The van der Waals surface area contributed by atoms with Crippen molar-refractivity contribution in [1.82, 2.24) is 0 Å². The molecule has 128 valence electrons. The number of hydrogen-bond donors (Lipinski definition) is 0. The quantitative estimate of drug-likeness (QED) is 0.470. The Bertz CT molecular complexity index is 496. The summed E-state index contributed by atoms with van der Waals surface area (Å²) in [5, 5.41) is 0.742. The third kappa shape index (κ3) is 6.04.